The van der Waals surface area contributed by atoms with Crippen molar-refractivity contribution in [1.82, 2.24) is 4.57 Å². The van der Waals surface area contributed by atoms with Crippen molar-refractivity contribution in [2.24, 2.45) is 0 Å². The summed E-state index contributed by atoms with van der Waals surface area (Å²) < 4.78 is 12.5. The number of aryl methyl sites for hydroxylation is 1. The highest BCUT2D eigenvalue weighted by Crippen LogP contribution is 2.24. The number of carbonyl (C=O) groups excluding carboxylic acids is 2. The molecule has 3 rings (SSSR count). The lowest BCUT2D eigenvalue weighted by Gasteiger charge is -2.10. The molecule has 0 saturated heterocycles. The summed E-state index contributed by atoms with van der Waals surface area (Å²) in [6.45, 7) is 4.78. The second-order valence-corrected chi connectivity index (χ2v) is 6.84. The first-order chi connectivity index (χ1) is 14.0. The smallest absolute Gasteiger partial charge is 0.339 e. The van der Waals surface area contributed by atoms with Crippen LogP contribution in [0.4, 0.5) is 0 Å². The van der Waals surface area contributed by atoms with Gasteiger partial charge in [-0.25, -0.2) is 4.79 Å². The fourth-order valence-corrected chi connectivity index (χ4v) is 3.43. The van der Waals surface area contributed by atoms with Crippen LogP contribution in [0.25, 0.3) is 11.1 Å². The molecule has 0 radical (unpaired) electrons. The number of hydrogen-bond acceptors (Lipinski definition) is 4. The number of hydrogen-bond donors (Lipinski definition) is 0. The number of esters is 1. The molecular formula is C24H25NO4. The predicted molar refractivity (Wildman–Crippen MR) is 112 cm³/mol. The number of Topliss-reactive ketones (excluding diaryl/α,β-unsaturated/α-hetero) is 1. The average molecular weight is 391 g/mol. The number of aromatic nitrogens is 1. The highest BCUT2D eigenvalue weighted by Gasteiger charge is 2.19. The lowest BCUT2D eigenvalue weighted by molar-refractivity contribution is 0.0475. The Kier molecular flexibility index (Phi) is 6.62. The first-order valence-electron chi connectivity index (χ1n) is 9.53. The summed E-state index contributed by atoms with van der Waals surface area (Å²) in [5.74, 6) is -0.724. The molecule has 150 valence electrons. The van der Waals surface area contributed by atoms with Gasteiger partial charge in [-0.3, -0.25) is 4.79 Å². The summed E-state index contributed by atoms with van der Waals surface area (Å²) in [6, 6.07) is 18.7. The number of ether oxygens (including phenoxy) is 2. The van der Waals surface area contributed by atoms with E-state index in [9.17, 15) is 9.59 Å². The van der Waals surface area contributed by atoms with Crippen molar-refractivity contribution in [3.63, 3.8) is 0 Å². The number of ketones is 1. The number of carbonyl (C=O) groups is 2. The molecule has 0 aliphatic heterocycles. The molecule has 29 heavy (non-hydrogen) atoms. The zero-order valence-corrected chi connectivity index (χ0v) is 17.0. The topological polar surface area (TPSA) is 57.5 Å². The minimum absolute atomic E-state index is 0.215. The van der Waals surface area contributed by atoms with Gasteiger partial charge in [0.1, 0.15) is 0 Å². The van der Waals surface area contributed by atoms with Crippen molar-refractivity contribution in [3.05, 3.63) is 83.2 Å². The molecule has 5 nitrogen and oxygen atoms in total. The van der Waals surface area contributed by atoms with E-state index in [0.29, 0.717) is 24.3 Å². The maximum atomic E-state index is 12.7. The molecule has 0 saturated carbocycles. The van der Waals surface area contributed by atoms with Gasteiger partial charge in [0.25, 0.3) is 0 Å². The molecule has 2 aromatic carbocycles. The lowest BCUT2D eigenvalue weighted by Crippen LogP contribution is -2.16. The van der Waals surface area contributed by atoms with Gasteiger partial charge in [-0.05, 0) is 37.1 Å². The van der Waals surface area contributed by atoms with Crippen LogP contribution >= 0.6 is 0 Å². The second-order valence-electron chi connectivity index (χ2n) is 6.84. The summed E-state index contributed by atoms with van der Waals surface area (Å²) in [6.07, 6.45) is 0. The largest absolute Gasteiger partial charge is 0.454 e. The molecule has 0 spiro atoms. The third-order valence-electron chi connectivity index (χ3n) is 4.96. The van der Waals surface area contributed by atoms with Gasteiger partial charge in [0, 0.05) is 30.6 Å². The molecule has 5 heteroatoms. The van der Waals surface area contributed by atoms with Gasteiger partial charge in [0.2, 0.25) is 5.78 Å². The predicted octanol–water partition coefficient (Wildman–Crippen LogP) is 4.46. The van der Waals surface area contributed by atoms with Gasteiger partial charge in [-0.1, -0.05) is 48.5 Å². The van der Waals surface area contributed by atoms with E-state index >= 15 is 0 Å². The standard InChI is InChI=1S/C24H25NO4/c1-17-15-22(18(2)25(17)13-14-28-3)23(26)16-29-24(27)21-12-8-7-11-20(21)19-9-5-4-6-10-19/h4-12,15H,13-14,16H2,1-3H3. The summed E-state index contributed by atoms with van der Waals surface area (Å²) in [5, 5.41) is 0. The van der Waals surface area contributed by atoms with Gasteiger partial charge in [0.15, 0.2) is 6.61 Å². The molecule has 3 aromatic rings. The zero-order valence-electron chi connectivity index (χ0n) is 17.0. The highest BCUT2D eigenvalue weighted by molar-refractivity contribution is 6.02. The van der Waals surface area contributed by atoms with Crippen LogP contribution in [0, 0.1) is 13.8 Å². The fourth-order valence-electron chi connectivity index (χ4n) is 3.43. The van der Waals surface area contributed by atoms with Crippen LogP contribution < -0.4 is 0 Å². The van der Waals surface area contributed by atoms with E-state index in [1.165, 1.54) is 0 Å². The van der Waals surface area contributed by atoms with Crippen LogP contribution in [0.1, 0.15) is 32.1 Å². The number of rotatable bonds is 8. The molecular weight excluding hydrogens is 366 g/mol. The van der Waals surface area contributed by atoms with E-state index in [1.807, 2.05) is 66.9 Å². The van der Waals surface area contributed by atoms with E-state index in [2.05, 4.69) is 0 Å². The molecule has 0 amide bonds. The maximum absolute atomic E-state index is 12.7. The Morgan fingerprint density at radius 3 is 2.34 bits per heavy atom. The molecule has 1 heterocycles. The van der Waals surface area contributed by atoms with Gasteiger partial charge >= 0.3 is 5.97 Å². The van der Waals surface area contributed by atoms with Gasteiger partial charge in [-0.15, -0.1) is 0 Å². The van der Waals surface area contributed by atoms with Crippen LogP contribution in [0.5, 0.6) is 0 Å². The molecule has 0 aliphatic rings. The SMILES string of the molecule is COCCn1c(C)cc(C(=O)COC(=O)c2ccccc2-c2ccccc2)c1C. The van der Waals surface area contributed by atoms with Gasteiger partial charge in [-0.2, -0.15) is 0 Å². The molecule has 0 N–H and O–H groups in total. The fraction of sp³-hybridized carbons (Fsp3) is 0.250. The maximum Gasteiger partial charge on any atom is 0.339 e. The normalized spacial score (nSPS) is 10.7. The summed E-state index contributed by atoms with van der Waals surface area (Å²) >= 11 is 0. The summed E-state index contributed by atoms with van der Waals surface area (Å²) in [4.78, 5) is 25.4. The van der Waals surface area contributed by atoms with E-state index in [4.69, 9.17) is 9.47 Å². The number of nitrogens with zero attached hydrogens (tertiary/aromatic N) is 1. The van der Waals surface area contributed by atoms with E-state index < -0.39 is 5.97 Å². The van der Waals surface area contributed by atoms with Gasteiger partial charge in [0.05, 0.1) is 12.2 Å². The monoisotopic (exact) mass is 391 g/mol. The first-order valence-corrected chi connectivity index (χ1v) is 9.53. The van der Waals surface area contributed by atoms with Crippen molar-refractivity contribution in [2.45, 2.75) is 20.4 Å². The van der Waals surface area contributed by atoms with Crippen LogP contribution in [0.2, 0.25) is 0 Å². The van der Waals surface area contributed by atoms with Crippen LogP contribution in [-0.2, 0) is 16.0 Å². The lowest BCUT2D eigenvalue weighted by atomic mass is 10.00. The second kappa shape index (κ2) is 9.34. The van der Waals surface area contributed by atoms with Crippen LogP contribution in [-0.4, -0.2) is 36.6 Å². The number of methoxy groups -OCH3 is 1. The van der Waals surface area contributed by atoms with Crippen molar-refractivity contribution >= 4 is 11.8 Å². The van der Waals surface area contributed by atoms with E-state index in [-0.39, 0.29) is 12.4 Å². The molecule has 1 aromatic heterocycles. The summed E-state index contributed by atoms with van der Waals surface area (Å²) in [7, 11) is 1.65. The number of benzene rings is 2. The Morgan fingerprint density at radius 2 is 1.62 bits per heavy atom. The van der Waals surface area contributed by atoms with E-state index in [1.54, 1.807) is 19.2 Å². The molecule has 0 unspecified atom stereocenters. The van der Waals surface area contributed by atoms with Crippen molar-refractivity contribution in [1.29, 1.82) is 0 Å². The molecule has 0 atom stereocenters. The average Bonchev–Trinajstić information content (AvgIpc) is 3.04. The Hall–Kier alpha value is -3.18. The Balaban J connectivity index is 1.73. The highest BCUT2D eigenvalue weighted by atomic mass is 16.5. The quantitative estimate of drug-likeness (QED) is 0.420. The molecule has 0 bridgehead atoms. The Labute approximate surface area is 170 Å². The zero-order chi connectivity index (χ0) is 20.8. The van der Waals surface area contributed by atoms with Crippen LogP contribution in [0.3, 0.4) is 0 Å². The van der Waals surface area contributed by atoms with Crippen LogP contribution in [0.15, 0.2) is 60.7 Å². The molecule has 0 aliphatic carbocycles. The molecule has 0 fully saturated rings. The third-order valence-corrected chi connectivity index (χ3v) is 4.96. The first kappa shape index (κ1) is 20.6. The van der Waals surface area contributed by atoms with Gasteiger partial charge < -0.3 is 14.0 Å². The van der Waals surface area contributed by atoms with Crippen molar-refractivity contribution in [2.75, 3.05) is 20.3 Å². The van der Waals surface area contributed by atoms with E-state index in [0.717, 1.165) is 22.5 Å². The summed E-state index contributed by atoms with van der Waals surface area (Å²) in [5.41, 5.74) is 4.55. The Bertz CT molecular complexity index is 1000. The minimum atomic E-state index is -0.508. The Morgan fingerprint density at radius 1 is 0.931 bits per heavy atom. The van der Waals surface area contributed by atoms with Crippen molar-refractivity contribution < 1.29 is 19.1 Å². The van der Waals surface area contributed by atoms with Crippen molar-refractivity contribution in [3.8, 4) is 11.1 Å². The third kappa shape index (κ3) is 4.63. The minimum Gasteiger partial charge on any atom is -0.454 e.